The summed E-state index contributed by atoms with van der Waals surface area (Å²) in [6.45, 7) is -0.334. The van der Waals surface area contributed by atoms with Crippen LogP contribution in [-0.4, -0.2) is 46.5 Å². The minimum Gasteiger partial charge on any atom is -0.391 e. The number of nitrogens with zero attached hydrogens (tertiary/aromatic N) is 1. The lowest BCUT2D eigenvalue weighted by Crippen LogP contribution is -2.40. The van der Waals surface area contributed by atoms with Crippen molar-refractivity contribution in [2.75, 3.05) is 6.54 Å². The highest BCUT2D eigenvalue weighted by Crippen LogP contribution is 2.28. The van der Waals surface area contributed by atoms with Crippen molar-refractivity contribution >= 4 is 17.7 Å². The first-order chi connectivity index (χ1) is 12.1. The van der Waals surface area contributed by atoms with Crippen molar-refractivity contribution in [2.24, 2.45) is 11.7 Å². The van der Waals surface area contributed by atoms with Crippen LogP contribution in [0.15, 0.2) is 18.3 Å². The number of aliphatic hydroxyl groups excluding tert-OH is 1. The van der Waals surface area contributed by atoms with Gasteiger partial charge in [-0.3, -0.25) is 19.4 Å². The Labute approximate surface area is 146 Å². The van der Waals surface area contributed by atoms with Gasteiger partial charge in [0.05, 0.1) is 24.3 Å². The van der Waals surface area contributed by atoms with Crippen LogP contribution in [-0.2, 0) is 15.8 Å². The zero-order chi connectivity index (χ0) is 19.5. The molecule has 0 aromatic carbocycles. The second-order valence-corrected chi connectivity index (χ2v) is 5.93. The molecule has 0 radical (unpaired) electrons. The first kappa shape index (κ1) is 19.6. The van der Waals surface area contributed by atoms with E-state index in [-0.39, 0.29) is 24.9 Å². The third kappa shape index (κ3) is 4.91. The van der Waals surface area contributed by atoms with Crippen molar-refractivity contribution in [3.8, 4) is 0 Å². The number of pyridine rings is 1. The number of halogens is 3. The molecule has 0 spiro atoms. The van der Waals surface area contributed by atoms with E-state index >= 15 is 0 Å². The number of amides is 3. The lowest BCUT2D eigenvalue weighted by Gasteiger charge is -2.16. The molecule has 8 nitrogen and oxygen atoms in total. The normalized spacial score (nSPS) is 22.7. The number of aliphatic hydroxyl groups is 1. The molecule has 11 heteroatoms. The van der Waals surface area contributed by atoms with Crippen molar-refractivity contribution in [1.82, 2.24) is 15.6 Å². The van der Waals surface area contributed by atoms with Gasteiger partial charge in [0, 0.05) is 12.1 Å². The van der Waals surface area contributed by atoms with Crippen LogP contribution in [0.25, 0.3) is 0 Å². The van der Waals surface area contributed by atoms with E-state index in [1.165, 1.54) is 0 Å². The highest BCUT2D eigenvalue weighted by atomic mass is 19.4. The third-order valence-corrected chi connectivity index (χ3v) is 3.97. The molecule has 0 bridgehead atoms. The van der Waals surface area contributed by atoms with Gasteiger partial charge >= 0.3 is 6.18 Å². The van der Waals surface area contributed by atoms with Gasteiger partial charge in [-0.25, -0.2) is 0 Å². The number of hydrogen-bond acceptors (Lipinski definition) is 5. The van der Waals surface area contributed by atoms with E-state index in [9.17, 15) is 32.7 Å². The molecule has 1 heterocycles. The number of rotatable bonds is 5. The van der Waals surface area contributed by atoms with Crippen LogP contribution in [0.3, 0.4) is 0 Å². The Hall–Kier alpha value is -2.69. The van der Waals surface area contributed by atoms with Gasteiger partial charge in [0.25, 0.3) is 5.91 Å². The van der Waals surface area contributed by atoms with Crippen LogP contribution < -0.4 is 16.4 Å². The molecule has 3 amide bonds. The maximum atomic E-state index is 12.5. The number of hydrogen-bond donors (Lipinski definition) is 4. The van der Waals surface area contributed by atoms with Gasteiger partial charge in [0.15, 0.2) is 0 Å². The van der Waals surface area contributed by atoms with E-state index in [0.717, 1.165) is 12.3 Å². The van der Waals surface area contributed by atoms with E-state index in [1.807, 2.05) is 0 Å². The third-order valence-electron chi connectivity index (χ3n) is 3.97. The van der Waals surface area contributed by atoms with Crippen LogP contribution >= 0.6 is 0 Å². The molecule has 1 aliphatic rings. The summed E-state index contributed by atoms with van der Waals surface area (Å²) in [6, 6.07) is 0.901. The Balaban J connectivity index is 1.94. The van der Waals surface area contributed by atoms with E-state index in [4.69, 9.17) is 5.73 Å². The Bertz CT molecular complexity index is 693. The maximum Gasteiger partial charge on any atom is 0.433 e. The minimum absolute atomic E-state index is 0.0702. The molecular weight excluding hydrogens is 357 g/mol. The van der Waals surface area contributed by atoms with Crippen molar-refractivity contribution in [1.29, 1.82) is 0 Å². The molecule has 1 saturated carbocycles. The summed E-state index contributed by atoms with van der Waals surface area (Å²) in [5.41, 5.74) is 3.70. The van der Waals surface area contributed by atoms with E-state index in [0.29, 0.717) is 6.07 Å². The average molecular weight is 374 g/mol. The predicted molar refractivity (Wildman–Crippen MR) is 81.4 cm³/mol. The second kappa shape index (κ2) is 7.68. The van der Waals surface area contributed by atoms with Crippen molar-refractivity contribution < 1.29 is 32.7 Å². The summed E-state index contributed by atoms with van der Waals surface area (Å²) in [5, 5.41) is 14.8. The van der Waals surface area contributed by atoms with Crippen LogP contribution in [0, 0.1) is 5.92 Å². The lowest BCUT2D eigenvalue weighted by molar-refractivity contribution is -0.141. The van der Waals surface area contributed by atoms with Gasteiger partial charge in [-0.05, 0) is 25.0 Å². The summed E-state index contributed by atoms with van der Waals surface area (Å²) < 4.78 is 37.4. The first-order valence-corrected chi connectivity index (χ1v) is 7.66. The van der Waals surface area contributed by atoms with Gasteiger partial charge in [-0.1, -0.05) is 0 Å². The quantitative estimate of drug-likeness (QED) is 0.555. The van der Waals surface area contributed by atoms with Gasteiger partial charge in [0.2, 0.25) is 11.8 Å². The monoisotopic (exact) mass is 374 g/mol. The van der Waals surface area contributed by atoms with E-state index in [2.05, 4.69) is 15.6 Å². The van der Waals surface area contributed by atoms with Gasteiger partial charge in [0.1, 0.15) is 5.69 Å². The molecule has 1 aromatic rings. The number of nitrogens with two attached hydrogens (primary N) is 1. The van der Waals surface area contributed by atoms with Gasteiger partial charge in [-0.15, -0.1) is 0 Å². The summed E-state index contributed by atoms with van der Waals surface area (Å²) in [6.07, 6.45) is -4.64. The fraction of sp³-hybridized carbons (Fsp3) is 0.467. The number of alkyl halides is 3. The predicted octanol–water partition coefficient (Wildman–Crippen LogP) is -0.429. The Kier molecular flexibility index (Phi) is 5.80. The zero-order valence-electron chi connectivity index (χ0n) is 13.4. The highest BCUT2D eigenvalue weighted by molar-refractivity contribution is 5.94. The van der Waals surface area contributed by atoms with Gasteiger partial charge in [-0.2, -0.15) is 13.2 Å². The average Bonchev–Trinajstić information content (AvgIpc) is 2.92. The fourth-order valence-electron chi connectivity index (χ4n) is 2.65. The number of nitrogens with one attached hydrogen (secondary N) is 2. The molecular formula is C15H17F3N4O4. The van der Waals surface area contributed by atoms with Crippen LogP contribution in [0.4, 0.5) is 13.2 Å². The molecule has 2 rings (SSSR count). The molecule has 0 saturated heterocycles. The molecule has 0 unspecified atom stereocenters. The summed E-state index contributed by atoms with van der Waals surface area (Å²) in [5.74, 6) is -2.53. The van der Waals surface area contributed by atoms with Crippen LogP contribution in [0.1, 0.15) is 28.9 Å². The minimum atomic E-state index is -4.61. The van der Waals surface area contributed by atoms with Crippen LogP contribution in [0.2, 0.25) is 0 Å². The highest BCUT2D eigenvalue weighted by Gasteiger charge is 2.38. The van der Waals surface area contributed by atoms with Crippen molar-refractivity contribution in [3.05, 3.63) is 29.6 Å². The largest absolute Gasteiger partial charge is 0.433 e. The molecule has 1 aliphatic carbocycles. The molecule has 142 valence electrons. The number of primary amides is 1. The summed E-state index contributed by atoms with van der Waals surface area (Å²) >= 11 is 0. The Morgan fingerprint density at radius 2 is 1.96 bits per heavy atom. The van der Waals surface area contributed by atoms with Crippen LogP contribution in [0.5, 0.6) is 0 Å². The first-order valence-electron chi connectivity index (χ1n) is 7.66. The number of carbonyl (C=O) groups is 3. The maximum absolute atomic E-state index is 12.5. The molecule has 1 fully saturated rings. The van der Waals surface area contributed by atoms with Crippen molar-refractivity contribution in [3.63, 3.8) is 0 Å². The van der Waals surface area contributed by atoms with E-state index < -0.39 is 47.7 Å². The molecule has 0 aliphatic heterocycles. The van der Waals surface area contributed by atoms with E-state index in [1.54, 1.807) is 0 Å². The molecule has 26 heavy (non-hydrogen) atoms. The SMILES string of the molecule is NC(=O)CNC(=O)[C@H]1C[C@H](NC(=O)c2ccc(C(F)(F)F)nc2)[C@@H](O)C1. The Morgan fingerprint density at radius 3 is 2.50 bits per heavy atom. The zero-order valence-corrected chi connectivity index (χ0v) is 13.4. The smallest absolute Gasteiger partial charge is 0.391 e. The Morgan fingerprint density at radius 1 is 1.27 bits per heavy atom. The molecule has 5 N–H and O–H groups in total. The number of aromatic nitrogens is 1. The summed E-state index contributed by atoms with van der Waals surface area (Å²) in [7, 11) is 0. The number of carbonyl (C=O) groups excluding carboxylic acids is 3. The standard InChI is InChI=1S/C15H17F3N4O4/c16-15(17,18)11-2-1-7(5-20-11)14(26)22-9-3-8(4-10(9)23)13(25)21-6-12(19)24/h1-2,5,8-10,23H,3-4,6H2,(H2,19,24)(H,21,25)(H,22,26)/t8-,9-,10-/m0/s1. The topological polar surface area (TPSA) is 134 Å². The summed E-state index contributed by atoms with van der Waals surface area (Å²) in [4.78, 5) is 37.8. The lowest BCUT2D eigenvalue weighted by atomic mass is 10.1. The molecule has 3 atom stereocenters. The van der Waals surface area contributed by atoms with Crippen molar-refractivity contribution in [2.45, 2.75) is 31.2 Å². The fourth-order valence-corrected chi connectivity index (χ4v) is 2.65. The molecule has 1 aromatic heterocycles. The van der Waals surface area contributed by atoms with Gasteiger partial charge < -0.3 is 21.5 Å². The second-order valence-electron chi connectivity index (χ2n) is 5.93.